The van der Waals surface area contributed by atoms with Gasteiger partial charge in [-0.25, -0.2) is 4.79 Å². The van der Waals surface area contributed by atoms with Gasteiger partial charge in [0.05, 0.1) is 59.4 Å². The Morgan fingerprint density at radius 1 is 0.397 bits per heavy atom. The lowest BCUT2D eigenvalue weighted by Gasteiger charge is -2.18. The van der Waals surface area contributed by atoms with Gasteiger partial charge in [-0.15, -0.1) is 0 Å². The van der Waals surface area contributed by atoms with Crippen molar-refractivity contribution in [1.82, 2.24) is 10.6 Å². The van der Waals surface area contributed by atoms with E-state index in [0.717, 1.165) is 25.7 Å². The number of carbonyl (C=O) groups excluding carboxylic acids is 3. The smallest absolute Gasteiger partial charge is 0.332 e. The van der Waals surface area contributed by atoms with Crippen LogP contribution in [0.2, 0.25) is 0 Å². The van der Waals surface area contributed by atoms with Crippen LogP contribution >= 0.6 is 0 Å². The molecule has 0 aromatic heterocycles. The maximum absolute atomic E-state index is 12.5. The molecule has 0 aliphatic carbocycles. The topological polar surface area (TPSA) is 158 Å². The average Bonchev–Trinajstić information content (AvgIpc) is 3.39. The van der Waals surface area contributed by atoms with Crippen molar-refractivity contribution < 1.29 is 57.0 Å². The van der Waals surface area contributed by atoms with Crippen molar-refractivity contribution in [2.75, 3.05) is 126 Å². The molecule has 0 fully saturated rings. The Labute approximate surface area is 446 Å². The number of hydrogen-bond donors (Lipinski definition) is 2. The van der Waals surface area contributed by atoms with Crippen LogP contribution in [-0.4, -0.2) is 150 Å². The number of ether oxygens (including phenoxy) is 9. The van der Waals surface area contributed by atoms with Gasteiger partial charge in [0, 0.05) is 46.4 Å². The Hall–Kier alpha value is -2.27. The molecule has 0 radical (unpaired) electrons. The van der Waals surface area contributed by atoms with E-state index in [0.29, 0.717) is 85.5 Å². The molecule has 0 bridgehead atoms. The molecule has 2 N–H and O–H groups in total. The van der Waals surface area contributed by atoms with Crippen LogP contribution in [0.1, 0.15) is 206 Å². The lowest BCUT2D eigenvalue weighted by Crippen LogP contribution is -2.30. The van der Waals surface area contributed by atoms with Crippen LogP contribution in [-0.2, 0) is 57.0 Å². The first-order chi connectivity index (χ1) is 36.0. The predicted molar refractivity (Wildman–Crippen MR) is 297 cm³/mol. The first kappa shape index (κ1) is 70.7. The zero-order valence-electron chi connectivity index (χ0n) is 47.2. The number of rotatable bonds is 62. The van der Waals surface area contributed by atoms with Gasteiger partial charge < -0.3 is 53.3 Å². The molecule has 0 aromatic rings. The third kappa shape index (κ3) is 60.5. The highest BCUT2D eigenvalue weighted by Gasteiger charge is 2.14. The zero-order chi connectivity index (χ0) is 52.9. The molecule has 14 heteroatoms. The summed E-state index contributed by atoms with van der Waals surface area (Å²) in [6.45, 7) is 10.6. The SMILES string of the molecule is CCCCCCCC/C=C\CCCCCCCCOC(COCCCCCCCC/C=C\CCCCCCCCC)COC(=O)COCCOCCOCCOCC(=O)CCNCCOC(=O)CNCCOC. The highest BCUT2D eigenvalue weighted by molar-refractivity contribution is 5.79. The zero-order valence-corrected chi connectivity index (χ0v) is 47.2. The van der Waals surface area contributed by atoms with Gasteiger partial charge >= 0.3 is 11.9 Å². The average molecular weight is 1040 g/mol. The maximum Gasteiger partial charge on any atom is 0.332 e. The number of Topliss-reactive ketones (excluding diaryl/α,β-unsaturated/α-hetero) is 1. The fourth-order valence-corrected chi connectivity index (χ4v) is 7.79. The first-order valence-corrected chi connectivity index (χ1v) is 29.6. The Morgan fingerprint density at radius 3 is 1.37 bits per heavy atom. The Morgan fingerprint density at radius 2 is 0.849 bits per heavy atom. The molecule has 0 spiro atoms. The van der Waals surface area contributed by atoms with Crippen LogP contribution in [0.15, 0.2) is 24.3 Å². The van der Waals surface area contributed by atoms with Gasteiger partial charge in [-0.2, -0.15) is 0 Å². The van der Waals surface area contributed by atoms with Crippen LogP contribution < -0.4 is 10.6 Å². The number of esters is 2. The minimum absolute atomic E-state index is 0.0152. The molecule has 1 atom stereocenters. The molecule has 0 amide bonds. The summed E-state index contributed by atoms with van der Waals surface area (Å²) in [6, 6.07) is 0. The summed E-state index contributed by atoms with van der Waals surface area (Å²) in [7, 11) is 1.60. The number of methoxy groups -OCH3 is 1. The summed E-state index contributed by atoms with van der Waals surface area (Å²) in [5.41, 5.74) is 0. The van der Waals surface area contributed by atoms with Gasteiger partial charge in [-0.05, 0) is 64.2 Å². The predicted octanol–water partition coefficient (Wildman–Crippen LogP) is 11.8. The van der Waals surface area contributed by atoms with Gasteiger partial charge in [0.1, 0.15) is 32.5 Å². The van der Waals surface area contributed by atoms with Crippen LogP contribution in [0.3, 0.4) is 0 Å². The Kier molecular flexibility index (Phi) is 60.3. The molecule has 0 saturated carbocycles. The van der Waals surface area contributed by atoms with Crippen molar-refractivity contribution in [2.45, 2.75) is 213 Å². The van der Waals surface area contributed by atoms with E-state index in [4.69, 9.17) is 42.6 Å². The Bertz CT molecular complexity index is 1210. The lowest BCUT2D eigenvalue weighted by molar-refractivity contribution is -0.155. The summed E-state index contributed by atoms with van der Waals surface area (Å²) in [5.74, 6) is -0.788. The van der Waals surface area contributed by atoms with Crippen LogP contribution in [0.5, 0.6) is 0 Å². The molecule has 0 aliphatic heterocycles. The quantitative estimate of drug-likeness (QED) is 0.0337. The number of carbonyl (C=O) groups is 3. The molecule has 0 rings (SSSR count). The molecule has 0 aliphatic rings. The van der Waals surface area contributed by atoms with E-state index >= 15 is 0 Å². The lowest BCUT2D eigenvalue weighted by atomic mass is 10.1. The van der Waals surface area contributed by atoms with Crippen molar-refractivity contribution in [3.8, 4) is 0 Å². The number of unbranched alkanes of at least 4 members (excludes halogenated alkanes) is 25. The van der Waals surface area contributed by atoms with Gasteiger partial charge in [-0.1, -0.05) is 160 Å². The van der Waals surface area contributed by atoms with Gasteiger partial charge in [0.25, 0.3) is 0 Å². The summed E-state index contributed by atoms with van der Waals surface area (Å²) in [6.07, 6.45) is 46.6. The van der Waals surface area contributed by atoms with E-state index < -0.39 is 5.97 Å². The third-order valence-corrected chi connectivity index (χ3v) is 12.3. The molecule has 14 nitrogen and oxygen atoms in total. The highest BCUT2D eigenvalue weighted by Crippen LogP contribution is 2.13. The monoisotopic (exact) mass is 1040 g/mol. The fourth-order valence-electron chi connectivity index (χ4n) is 7.79. The Balaban J connectivity index is 4.13. The highest BCUT2D eigenvalue weighted by atomic mass is 16.6. The number of ketones is 1. The van der Waals surface area contributed by atoms with E-state index in [2.05, 4.69) is 48.8 Å². The van der Waals surface area contributed by atoms with E-state index in [1.165, 1.54) is 161 Å². The minimum atomic E-state index is -0.437. The first-order valence-electron chi connectivity index (χ1n) is 29.6. The number of hydrogen-bond acceptors (Lipinski definition) is 14. The van der Waals surface area contributed by atoms with E-state index in [1.807, 2.05) is 0 Å². The van der Waals surface area contributed by atoms with E-state index in [9.17, 15) is 14.4 Å². The van der Waals surface area contributed by atoms with Crippen molar-refractivity contribution in [2.24, 2.45) is 0 Å². The van der Waals surface area contributed by atoms with Crippen molar-refractivity contribution >= 4 is 17.7 Å². The second-order valence-corrected chi connectivity index (χ2v) is 19.2. The summed E-state index contributed by atoms with van der Waals surface area (Å²) in [5, 5.41) is 6.00. The molecular weight excluding hydrogens is 929 g/mol. The number of nitrogens with one attached hydrogen (secondary N) is 2. The van der Waals surface area contributed by atoms with Crippen molar-refractivity contribution in [1.29, 1.82) is 0 Å². The largest absolute Gasteiger partial charge is 0.463 e. The van der Waals surface area contributed by atoms with Gasteiger partial charge in [-0.3, -0.25) is 9.59 Å². The second-order valence-electron chi connectivity index (χ2n) is 19.2. The van der Waals surface area contributed by atoms with Crippen LogP contribution in [0.25, 0.3) is 0 Å². The van der Waals surface area contributed by atoms with Gasteiger partial charge in [0.2, 0.25) is 0 Å². The van der Waals surface area contributed by atoms with E-state index in [1.54, 1.807) is 7.11 Å². The van der Waals surface area contributed by atoms with Crippen LogP contribution in [0.4, 0.5) is 0 Å². The summed E-state index contributed by atoms with van der Waals surface area (Å²) < 4.78 is 49.7. The van der Waals surface area contributed by atoms with Gasteiger partial charge in [0.15, 0.2) is 5.78 Å². The molecule has 0 heterocycles. The minimum Gasteiger partial charge on any atom is -0.463 e. The molecule has 0 aromatic carbocycles. The van der Waals surface area contributed by atoms with Crippen LogP contribution in [0, 0.1) is 0 Å². The van der Waals surface area contributed by atoms with Crippen molar-refractivity contribution in [3.05, 3.63) is 24.3 Å². The van der Waals surface area contributed by atoms with Crippen molar-refractivity contribution in [3.63, 3.8) is 0 Å². The number of allylic oxidation sites excluding steroid dienone is 4. The molecule has 73 heavy (non-hydrogen) atoms. The standard InChI is InChI=1S/C59H112N2O12/c1-4-6-8-10-12-14-16-18-20-22-23-25-27-29-31-33-35-41-68-53-57(71-42-36-34-32-30-28-26-24-21-19-17-15-13-11-9-7-5-2)54-73-59(64)55-70-50-48-67-46-45-66-47-49-69-52-56(62)37-38-60-40-44-72-58(63)51-61-39-43-65-3/h19-22,57,60-61H,4-18,23-55H2,1-3H3/b21-19-,22-20-. The normalized spacial score (nSPS) is 12.2. The van der Waals surface area contributed by atoms with E-state index in [-0.39, 0.29) is 57.4 Å². The fraction of sp³-hybridized carbons (Fsp3) is 0.881. The summed E-state index contributed by atoms with van der Waals surface area (Å²) >= 11 is 0. The third-order valence-electron chi connectivity index (χ3n) is 12.3. The summed E-state index contributed by atoms with van der Waals surface area (Å²) in [4.78, 5) is 36.1. The molecular formula is C59H112N2O12. The molecule has 1 unspecified atom stereocenters. The second kappa shape index (κ2) is 62.3. The molecule has 430 valence electrons. The maximum atomic E-state index is 12.5. The molecule has 0 saturated heterocycles.